The summed E-state index contributed by atoms with van der Waals surface area (Å²) in [6.07, 6.45) is 2.26. The lowest BCUT2D eigenvalue weighted by Crippen LogP contribution is -2.59. The third-order valence-corrected chi connectivity index (χ3v) is 5.40. The van der Waals surface area contributed by atoms with Gasteiger partial charge in [0, 0.05) is 24.3 Å². The molecule has 2 fully saturated rings. The second kappa shape index (κ2) is 7.53. The third-order valence-electron chi connectivity index (χ3n) is 4.34. The molecule has 1 aromatic rings. The third kappa shape index (κ3) is 4.48. The van der Waals surface area contributed by atoms with Gasteiger partial charge in [-0.3, -0.25) is 14.9 Å². The first-order chi connectivity index (χ1) is 11.5. The van der Waals surface area contributed by atoms with Crippen LogP contribution in [0.3, 0.4) is 0 Å². The van der Waals surface area contributed by atoms with Crippen LogP contribution in [0.1, 0.15) is 31.7 Å². The molecule has 3 unspecified atom stereocenters. The molecular formula is C17H22FN3O2S. The quantitative estimate of drug-likeness (QED) is 0.730. The Labute approximate surface area is 145 Å². The standard InChI is InChI=1S/C17H22FN3O2S/c1-10-13(8-15(22)20-12-6-7-12)16(23)21-17(19-10)24-9-11-4-2-3-5-14(11)18/h2-5,10,12-13,17,19H,6-9H2,1H3,(H,20,22)(H,21,23). The average molecular weight is 351 g/mol. The number of nitrogens with one attached hydrogen (secondary N) is 3. The van der Waals surface area contributed by atoms with Crippen molar-refractivity contribution in [3.63, 3.8) is 0 Å². The minimum atomic E-state index is -0.380. The van der Waals surface area contributed by atoms with Gasteiger partial charge in [-0.05, 0) is 31.4 Å². The van der Waals surface area contributed by atoms with Crippen molar-refractivity contribution in [2.75, 3.05) is 0 Å². The minimum absolute atomic E-state index is 0.0660. The number of amides is 2. The van der Waals surface area contributed by atoms with Crippen molar-refractivity contribution >= 4 is 23.6 Å². The Morgan fingerprint density at radius 3 is 2.79 bits per heavy atom. The highest BCUT2D eigenvalue weighted by Gasteiger charge is 2.36. The molecule has 2 amide bonds. The summed E-state index contributed by atoms with van der Waals surface area (Å²) in [4.78, 5) is 24.2. The summed E-state index contributed by atoms with van der Waals surface area (Å²) in [6, 6.07) is 6.81. The number of carbonyl (C=O) groups excluding carboxylic acids is 2. The predicted molar refractivity (Wildman–Crippen MR) is 91.5 cm³/mol. The van der Waals surface area contributed by atoms with Gasteiger partial charge in [-0.25, -0.2) is 4.39 Å². The fraction of sp³-hybridized carbons (Fsp3) is 0.529. The summed E-state index contributed by atoms with van der Waals surface area (Å²) >= 11 is 1.43. The van der Waals surface area contributed by atoms with E-state index in [1.165, 1.54) is 17.8 Å². The molecule has 3 rings (SSSR count). The molecule has 3 atom stereocenters. The molecular weight excluding hydrogens is 329 g/mol. The second-order valence-corrected chi connectivity index (χ2v) is 7.49. The van der Waals surface area contributed by atoms with Crippen LogP contribution >= 0.6 is 11.8 Å². The number of hydrogen-bond donors (Lipinski definition) is 3. The second-order valence-electron chi connectivity index (χ2n) is 6.40. The SMILES string of the molecule is CC1NC(SCc2ccccc2F)NC(=O)C1CC(=O)NC1CC1. The van der Waals surface area contributed by atoms with Gasteiger partial charge in [0.25, 0.3) is 0 Å². The molecule has 2 aliphatic rings. The molecule has 24 heavy (non-hydrogen) atoms. The van der Waals surface area contributed by atoms with E-state index >= 15 is 0 Å². The van der Waals surface area contributed by atoms with Gasteiger partial charge in [0.1, 0.15) is 11.3 Å². The highest BCUT2D eigenvalue weighted by atomic mass is 32.2. The maximum absolute atomic E-state index is 13.6. The van der Waals surface area contributed by atoms with Crippen LogP contribution in [0.15, 0.2) is 24.3 Å². The molecule has 1 aromatic carbocycles. The topological polar surface area (TPSA) is 70.2 Å². The number of halogens is 1. The first kappa shape index (κ1) is 17.2. The first-order valence-corrected chi connectivity index (χ1v) is 9.28. The average Bonchev–Trinajstić information content (AvgIpc) is 3.34. The fourth-order valence-corrected chi connectivity index (χ4v) is 3.81. The van der Waals surface area contributed by atoms with Crippen LogP contribution in [0.4, 0.5) is 4.39 Å². The summed E-state index contributed by atoms with van der Waals surface area (Å²) < 4.78 is 13.6. The molecule has 0 spiro atoms. The zero-order valence-corrected chi connectivity index (χ0v) is 14.4. The monoisotopic (exact) mass is 351 g/mol. The van der Waals surface area contributed by atoms with Gasteiger partial charge in [-0.15, -0.1) is 11.8 Å². The molecule has 1 aliphatic heterocycles. The molecule has 5 nitrogen and oxygen atoms in total. The molecule has 1 saturated heterocycles. The molecule has 130 valence electrons. The van der Waals surface area contributed by atoms with Crippen LogP contribution in [-0.2, 0) is 15.3 Å². The van der Waals surface area contributed by atoms with Crippen molar-refractivity contribution in [2.24, 2.45) is 5.92 Å². The zero-order chi connectivity index (χ0) is 17.1. The lowest BCUT2D eigenvalue weighted by molar-refractivity contribution is -0.133. The van der Waals surface area contributed by atoms with Crippen molar-refractivity contribution in [1.29, 1.82) is 0 Å². The number of benzene rings is 1. The van der Waals surface area contributed by atoms with Gasteiger partial charge < -0.3 is 10.6 Å². The smallest absolute Gasteiger partial charge is 0.227 e. The van der Waals surface area contributed by atoms with Crippen LogP contribution in [-0.4, -0.2) is 29.4 Å². The summed E-state index contributed by atoms with van der Waals surface area (Å²) in [5, 5.41) is 9.07. The number of carbonyl (C=O) groups is 2. The Morgan fingerprint density at radius 1 is 1.38 bits per heavy atom. The molecule has 0 radical (unpaired) electrons. The van der Waals surface area contributed by atoms with Crippen LogP contribution in [0, 0.1) is 11.7 Å². The van der Waals surface area contributed by atoms with Crippen molar-refractivity contribution in [3.8, 4) is 0 Å². The summed E-state index contributed by atoms with van der Waals surface area (Å²) in [7, 11) is 0. The zero-order valence-electron chi connectivity index (χ0n) is 13.5. The molecule has 1 heterocycles. The van der Waals surface area contributed by atoms with Gasteiger partial charge in [0.05, 0.1) is 5.92 Å². The van der Waals surface area contributed by atoms with E-state index in [-0.39, 0.29) is 41.5 Å². The van der Waals surface area contributed by atoms with Crippen molar-refractivity contribution < 1.29 is 14.0 Å². The minimum Gasteiger partial charge on any atom is -0.353 e. The van der Waals surface area contributed by atoms with Crippen molar-refractivity contribution in [3.05, 3.63) is 35.6 Å². The Kier molecular flexibility index (Phi) is 5.40. The normalized spacial score (nSPS) is 26.8. The van der Waals surface area contributed by atoms with Crippen molar-refractivity contribution in [1.82, 2.24) is 16.0 Å². The maximum Gasteiger partial charge on any atom is 0.227 e. The van der Waals surface area contributed by atoms with E-state index in [1.807, 2.05) is 6.92 Å². The highest BCUT2D eigenvalue weighted by Crippen LogP contribution is 2.24. The van der Waals surface area contributed by atoms with E-state index in [9.17, 15) is 14.0 Å². The Balaban J connectivity index is 1.50. The highest BCUT2D eigenvalue weighted by molar-refractivity contribution is 7.99. The lowest BCUT2D eigenvalue weighted by Gasteiger charge is -2.35. The van der Waals surface area contributed by atoms with Gasteiger partial charge in [-0.1, -0.05) is 18.2 Å². The molecule has 0 aromatic heterocycles. The Morgan fingerprint density at radius 2 is 2.12 bits per heavy atom. The van der Waals surface area contributed by atoms with E-state index in [4.69, 9.17) is 0 Å². The van der Waals surface area contributed by atoms with Gasteiger partial charge in [0.2, 0.25) is 11.8 Å². The van der Waals surface area contributed by atoms with Gasteiger partial charge in [0.15, 0.2) is 0 Å². The van der Waals surface area contributed by atoms with Crippen LogP contribution in [0.5, 0.6) is 0 Å². The summed E-state index contributed by atoms with van der Waals surface area (Å²) in [6.45, 7) is 1.91. The molecule has 1 aliphatic carbocycles. The summed E-state index contributed by atoms with van der Waals surface area (Å²) in [5.74, 6) is -0.352. The van der Waals surface area contributed by atoms with E-state index in [2.05, 4.69) is 16.0 Å². The number of thioether (sulfide) groups is 1. The van der Waals surface area contributed by atoms with Gasteiger partial charge >= 0.3 is 0 Å². The predicted octanol–water partition coefficient (Wildman–Crippen LogP) is 1.74. The molecule has 1 saturated carbocycles. The Bertz CT molecular complexity index is 624. The van der Waals surface area contributed by atoms with Crippen LogP contribution in [0.2, 0.25) is 0 Å². The molecule has 0 bridgehead atoms. The fourth-order valence-electron chi connectivity index (χ4n) is 2.72. The lowest BCUT2D eigenvalue weighted by atomic mass is 9.94. The number of rotatable bonds is 6. The largest absolute Gasteiger partial charge is 0.353 e. The van der Waals surface area contributed by atoms with E-state index in [1.54, 1.807) is 18.2 Å². The van der Waals surface area contributed by atoms with E-state index in [0.717, 1.165) is 12.8 Å². The molecule has 7 heteroatoms. The maximum atomic E-state index is 13.6. The summed E-state index contributed by atoms with van der Waals surface area (Å²) in [5.41, 5.74) is 0.326. The van der Waals surface area contributed by atoms with Crippen molar-refractivity contribution in [2.45, 2.75) is 49.5 Å². The van der Waals surface area contributed by atoms with E-state index < -0.39 is 0 Å². The van der Waals surface area contributed by atoms with Crippen LogP contribution in [0.25, 0.3) is 0 Å². The van der Waals surface area contributed by atoms with Crippen LogP contribution < -0.4 is 16.0 Å². The first-order valence-electron chi connectivity index (χ1n) is 8.23. The van der Waals surface area contributed by atoms with Gasteiger partial charge in [-0.2, -0.15) is 0 Å². The Hall–Kier alpha value is -1.60. The van der Waals surface area contributed by atoms with E-state index in [0.29, 0.717) is 17.4 Å². The number of hydrogen-bond acceptors (Lipinski definition) is 4. The molecule has 3 N–H and O–H groups in total.